The van der Waals surface area contributed by atoms with Crippen molar-refractivity contribution in [2.75, 3.05) is 0 Å². The van der Waals surface area contributed by atoms with Gasteiger partial charge in [-0.1, -0.05) is 17.3 Å². The second-order valence-corrected chi connectivity index (χ2v) is 3.88. The Kier molecular flexibility index (Phi) is 3.10. The average Bonchev–Trinajstić information content (AvgIpc) is 2.36. The first kappa shape index (κ1) is 10.5. The average molecular weight is 211 g/mol. The van der Waals surface area contributed by atoms with Crippen LogP contribution < -0.4 is 4.87 Å². The summed E-state index contributed by atoms with van der Waals surface area (Å²) in [7, 11) is 0. The molecule has 0 bridgehead atoms. The van der Waals surface area contributed by atoms with E-state index in [1.54, 1.807) is 6.92 Å². The number of aryl methyl sites for hydroxylation is 1. The van der Waals surface area contributed by atoms with Crippen molar-refractivity contribution in [3.63, 3.8) is 0 Å². The second kappa shape index (κ2) is 4.11. The van der Waals surface area contributed by atoms with Gasteiger partial charge in [0.15, 0.2) is 0 Å². The number of rotatable bonds is 3. The molecule has 74 valence electrons. The summed E-state index contributed by atoms with van der Waals surface area (Å²) >= 11 is 1.04. The van der Waals surface area contributed by atoms with Gasteiger partial charge in [0.25, 0.3) is 0 Å². The predicted octanol–water partition coefficient (Wildman–Crippen LogP) is 0.674. The van der Waals surface area contributed by atoms with Crippen LogP contribution in [0.1, 0.15) is 17.0 Å². The SMILES string of the molecule is C#Cc1c(C)sc(=O)n1CCC(=O)O. The van der Waals surface area contributed by atoms with Gasteiger partial charge in [-0.3, -0.25) is 14.2 Å². The van der Waals surface area contributed by atoms with Crippen molar-refractivity contribution in [1.29, 1.82) is 0 Å². The van der Waals surface area contributed by atoms with Crippen molar-refractivity contribution >= 4 is 17.3 Å². The normalized spacial score (nSPS) is 9.71. The van der Waals surface area contributed by atoms with Crippen LogP contribution >= 0.6 is 11.3 Å². The fourth-order valence-electron chi connectivity index (χ4n) is 1.11. The van der Waals surface area contributed by atoms with Gasteiger partial charge in [-0.05, 0) is 6.92 Å². The number of aromatic nitrogens is 1. The number of carbonyl (C=O) groups is 1. The molecule has 0 aliphatic carbocycles. The Morgan fingerprint density at radius 1 is 1.71 bits per heavy atom. The lowest BCUT2D eigenvalue weighted by molar-refractivity contribution is -0.137. The Bertz CT molecular complexity index is 450. The highest BCUT2D eigenvalue weighted by atomic mass is 32.1. The van der Waals surface area contributed by atoms with E-state index < -0.39 is 5.97 Å². The summed E-state index contributed by atoms with van der Waals surface area (Å²) in [5.41, 5.74) is 0.487. The molecular formula is C9H9NO3S. The first-order valence-corrected chi connectivity index (χ1v) is 4.76. The molecular weight excluding hydrogens is 202 g/mol. The molecule has 0 atom stereocenters. The van der Waals surface area contributed by atoms with Gasteiger partial charge >= 0.3 is 10.8 Å². The van der Waals surface area contributed by atoms with Gasteiger partial charge in [0.2, 0.25) is 0 Å². The second-order valence-electron chi connectivity index (χ2n) is 2.71. The first-order valence-electron chi connectivity index (χ1n) is 3.95. The molecule has 0 radical (unpaired) electrons. The lowest BCUT2D eigenvalue weighted by atomic mass is 10.3. The standard InChI is InChI=1S/C9H9NO3S/c1-3-7-6(2)14-9(13)10(7)5-4-8(11)12/h1H,4-5H2,2H3,(H,11,12). The van der Waals surface area contributed by atoms with E-state index in [0.29, 0.717) is 5.69 Å². The number of thiazole rings is 1. The summed E-state index contributed by atoms with van der Waals surface area (Å²) in [6, 6.07) is 0. The highest BCUT2D eigenvalue weighted by molar-refractivity contribution is 7.09. The van der Waals surface area contributed by atoms with Crippen molar-refractivity contribution in [2.45, 2.75) is 19.9 Å². The zero-order valence-electron chi connectivity index (χ0n) is 7.61. The lowest BCUT2D eigenvalue weighted by Gasteiger charge is -2.00. The van der Waals surface area contributed by atoms with Crippen molar-refractivity contribution < 1.29 is 9.90 Å². The van der Waals surface area contributed by atoms with Gasteiger partial charge < -0.3 is 5.11 Å². The van der Waals surface area contributed by atoms with E-state index in [1.807, 2.05) is 0 Å². The Hall–Kier alpha value is -1.54. The first-order chi connectivity index (χ1) is 6.56. The van der Waals surface area contributed by atoms with Gasteiger partial charge in [0.05, 0.1) is 6.42 Å². The van der Waals surface area contributed by atoms with Gasteiger partial charge in [0, 0.05) is 11.4 Å². The molecule has 1 aromatic rings. The van der Waals surface area contributed by atoms with E-state index >= 15 is 0 Å². The molecule has 0 fully saturated rings. The van der Waals surface area contributed by atoms with E-state index in [1.165, 1.54) is 4.57 Å². The lowest BCUT2D eigenvalue weighted by Crippen LogP contribution is -2.17. The molecule has 0 aliphatic rings. The Labute approximate surface area is 84.8 Å². The van der Waals surface area contributed by atoms with E-state index in [0.717, 1.165) is 16.2 Å². The molecule has 0 spiro atoms. The molecule has 0 saturated heterocycles. The van der Waals surface area contributed by atoms with E-state index in [2.05, 4.69) is 5.92 Å². The van der Waals surface area contributed by atoms with E-state index in [4.69, 9.17) is 11.5 Å². The van der Waals surface area contributed by atoms with Crippen molar-refractivity contribution in [1.82, 2.24) is 4.57 Å². The van der Waals surface area contributed by atoms with E-state index in [9.17, 15) is 9.59 Å². The van der Waals surface area contributed by atoms with Gasteiger partial charge in [-0.25, -0.2) is 0 Å². The summed E-state index contributed by atoms with van der Waals surface area (Å²) in [6.07, 6.45) is 5.13. The number of terminal acetylenes is 1. The molecule has 0 aromatic carbocycles. The minimum Gasteiger partial charge on any atom is -0.481 e. The smallest absolute Gasteiger partial charge is 0.308 e. The predicted molar refractivity (Wildman–Crippen MR) is 53.5 cm³/mol. The van der Waals surface area contributed by atoms with Crippen LogP contribution in [0.5, 0.6) is 0 Å². The van der Waals surface area contributed by atoms with Crippen LogP contribution in [-0.4, -0.2) is 15.6 Å². The number of hydrogen-bond acceptors (Lipinski definition) is 3. The molecule has 0 unspecified atom stereocenters. The number of carboxylic acid groups (broad SMARTS) is 1. The fraction of sp³-hybridized carbons (Fsp3) is 0.333. The topological polar surface area (TPSA) is 59.3 Å². The van der Waals surface area contributed by atoms with Crippen molar-refractivity contribution in [2.24, 2.45) is 0 Å². The molecule has 0 aliphatic heterocycles. The maximum atomic E-state index is 11.3. The third-order valence-corrected chi connectivity index (χ3v) is 2.64. The number of aliphatic carboxylic acids is 1. The zero-order chi connectivity index (χ0) is 10.7. The molecule has 5 heteroatoms. The monoisotopic (exact) mass is 211 g/mol. The van der Waals surface area contributed by atoms with Gasteiger partial charge in [0.1, 0.15) is 5.69 Å². The van der Waals surface area contributed by atoms with Crippen LogP contribution in [0.3, 0.4) is 0 Å². The summed E-state index contributed by atoms with van der Waals surface area (Å²) < 4.78 is 1.33. The van der Waals surface area contributed by atoms with Crippen LogP contribution in [0.2, 0.25) is 0 Å². The number of carboxylic acids is 1. The zero-order valence-corrected chi connectivity index (χ0v) is 8.43. The number of nitrogens with zero attached hydrogens (tertiary/aromatic N) is 1. The maximum Gasteiger partial charge on any atom is 0.308 e. The third-order valence-electron chi connectivity index (χ3n) is 1.75. The molecule has 1 heterocycles. The van der Waals surface area contributed by atoms with Crippen molar-refractivity contribution in [3.05, 3.63) is 20.2 Å². The Morgan fingerprint density at radius 3 is 2.86 bits per heavy atom. The van der Waals surface area contributed by atoms with Gasteiger partial charge in [-0.2, -0.15) is 0 Å². The summed E-state index contributed by atoms with van der Waals surface area (Å²) in [6.45, 7) is 1.89. The molecule has 4 nitrogen and oxygen atoms in total. The molecule has 0 saturated carbocycles. The summed E-state index contributed by atoms with van der Waals surface area (Å²) in [5, 5.41) is 8.47. The fourth-order valence-corrected chi connectivity index (χ4v) is 1.93. The van der Waals surface area contributed by atoms with Crippen LogP contribution in [0.15, 0.2) is 4.79 Å². The highest BCUT2D eigenvalue weighted by Crippen LogP contribution is 2.09. The summed E-state index contributed by atoms with van der Waals surface area (Å²) in [5.74, 6) is 1.45. The minimum atomic E-state index is -0.941. The van der Waals surface area contributed by atoms with Crippen molar-refractivity contribution in [3.8, 4) is 12.3 Å². The van der Waals surface area contributed by atoms with E-state index in [-0.39, 0.29) is 17.8 Å². The summed E-state index contributed by atoms with van der Waals surface area (Å²) in [4.78, 5) is 22.2. The largest absolute Gasteiger partial charge is 0.481 e. The minimum absolute atomic E-state index is 0.0925. The van der Waals surface area contributed by atoms with Crippen LogP contribution in [0, 0.1) is 19.3 Å². The quantitative estimate of drug-likeness (QED) is 0.748. The Morgan fingerprint density at radius 2 is 2.36 bits per heavy atom. The third kappa shape index (κ3) is 2.03. The maximum absolute atomic E-state index is 11.3. The van der Waals surface area contributed by atoms with Gasteiger partial charge in [-0.15, -0.1) is 6.42 Å². The molecule has 1 rings (SSSR count). The molecule has 14 heavy (non-hydrogen) atoms. The highest BCUT2D eigenvalue weighted by Gasteiger charge is 2.10. The van der Waals surface area contributed by atoms with Crippen LogP contribution in [-0.2, 0) is 11.3 Å². The molecule has 1 N–H and O–H groups in total. The van der Waals surface area contributed by atoms with Crippen LogP contribution in [0.25, 0.3) is 0 Å². The van der Waals surface area contributed by atoms with Crippen LogP contribution in [0.4, 0.5) is 0 Å². The Balaban J connectivity index is 3.02. The number of hydrogen-bond donors (Lipinski definition) is 1. The molecule has 0 amide bonds. The molecule has 1 aromatic heterocycles.